The second kappa shape index (κ2) is 8.95. The maximum Gasteiger partial charge on any atom is 0.338 e. The van der Waals surface area contributed by atoms with Gasteiger partial charge in [-0.05, 0) is 37.8 Å². The van der Waals surface area contributed by atoms with Gasteiger partial charge in [0.15, 0.2) is 0 Å². The zero-order chi connectivity index (χ0) is 19.9. The molecule has 1 aromatic heterocycles. The number of esters is 1. The lowest BCUT2D eigenvalue weighted by Crippen LogP contribution is -2.40. The summed E-state index contributed by atoms with van der Waals surface area (Å²) in [5.41, 5.74) is 0.703. The highest BCUT2D eigenvalue weighted by Crippen LogP contribution is 2.24. The molecule has 0 bridgehead atoms. The van der Waals surface area contributed by atoms with Crippen LogP contribution in [0.4, 0.5) is 0 Å². The van der Waals surface area contributed by atoms with Crippen molar-refractivity contribution in [2.24, 2.45) is 0 Å². The third kappa shape index (κ3) is 4.43. The van der Waals surface area contributed by atoms with Gasteiger partial charge in [-0.15, -0.1) is 0 Å². The zero-order valence-corrected chi connectivity index (χ0v) is 15.4. The Labute approximate surface area is 162 Å². The molecule has 1 aliphatic rings. The minimum absolute atomic E-state index is 0.0182. The SMILES string of the molecule is COC(=O)c1ccccc1C(=O)NC1CCC(Oc2nccnc2C#N)CC1. The number of nitrogens with one attached hydrogen (secondary N) is 1. The molecule has 1 saturated carbocycles. The first-order valence-electron chi connectivity index (χ1n) is 8.98. The molecule has 0 saturated heterocycles. The molecule has 0 spiro atoms. The van der Waals surface area contributed by atoms with Crippen molar-refractivity contribution >= 4 is 11.9 Å². The smallest absolute Gasteiger partial charge is 0.338 e. The fourth-order valence-electron chi connectivity index (χ4n) is 3.20. The van der Waals surface area contributed by atoms with Gasteiger partial charge in [-0.25, -0.2) is 14.8 Å². The topological polar surface area (TPSA) is 114 Å². The number of amides is 1. The highest BCUT2D eigenvalue weighted by atomic mass is 16.5. The molecule has 1 aliphatic carbocycles. The van der Waals surface area contributed by atoms with E-state index in [2.05, 4.69) is 15.3 Å². The largest absolute Gasteiger partial charge is 0.472 e. The van der Waals surface area contributed by atoms with E-state index < -0.39 is 5.97 Å². The summed E-state index contributed by atoms with van der Waals surface area (Å²) < 4.78 is 10.5. The number of carbonyl (C=O) groups excluding carboxylic acids is 2. The zero-order valence-electron chi connectivity index (χ0n) is 15.4. The number of ether oxygens (including phenoxy) is 2. The summed E-state index contributed by atoms with van der Waals surface area (Å²) >= 11 is 0. The van der Waals surface area contributed by atoms with E-state index in [4.69, 9.17) is 14.7 Å². The average Bonchev–Trinajstić information content (AvgIpc) is 2.75. The van der Waals surface area contributed by atoms with Crippen molar-refractivity contribution in [3.8, 4) is 11.9 Å². The van der Waals surface area contributed by atoms with Gasteiger partial charge in [-0.1, -0.05) is 12.1 Å². The summed E-state index contributed by atoms with van der Waals surface area (Å²) in [6, 6.07) is 8.52. The van der Waals surface area contributed by atoms with Crippen molar-refractivity contribution in [3.63, 3.8) is 0 Å². The Kier molecular flexibility index (Phi) is 6.17. The van der Waals surface area contributed by atoms with Crippen molar-refractivity contribution in [2.45, 2.75) is 37.8 Å². The Bertz CT molecular complexity index is 901. The minimum atomic E-state index is -0.542. The van der Waals surface area contributed by atoms with Crippen LogP contribution in [0.5, 0.6) is 5.88 Å². The van der Waals surface area contributed by atoms with E-state index in [-0.39, 0.29) is 35.2 Å². The lowest BCUT2D eigenvalue weighted by molar-refractivity contribution is 0.0595. The molecule has 2 aromatic rings. The molecular weight excluding hydrogens is 360 g/mol. The number of hydrogen-bond donors (Lipinski definition) is 1. The van der Waals surface area contributed by atoms with Crippen molar-refractivity contribution in [1.29, 1.82) is 5.26 Å². The fourth-order valence-corrected chi connectivity index (χ4v) is 3.20. The quantitative estimate of drug-likeness (QED) is 0.791. The van der Waals surface area contributed by atoms with Gasteiger partial charge in [0, 0.05) is 18.4 Å². The molecule has 1 heterocycles. The molecule has 3 rings (SSSR count). The number of rotatable bonds is 5. The molecule has 28 heavy (non-hydrogen) atoms. The fraction of sp³-hybridized carbons (Fsp3) is 0.350. The molecule has 8 heteroatoms. The van der Waals surface area contributed by atoms with Crippen LogP contribution in [-0.4, -0.2) is 41.1 Å². The van der Waals surface area contributed by atoms with Gasteiger partial charge in [0.1, 0.15) is 12.2 Å². The first-order valence-corrected chi connectivity index (χ1v) is 8.98. The van der Waals surface area contributed by atoms with Crippen LogP contribution >= 0.6 is 0 Å². The highest BCUT2D eigenvalue weighted by Gasteiger charge is 2.26. The summed E-state index contributed by atoms with van der Waals surface area (Å²) in [6.07, 6.45) is 5.72. The van der Waals surface area contributed by atoms with Gasteiger partial charge in [0.2, 0.25) is 5.69 Å². The molecule has 1 fully saturated rings. The third-order valence-corrected chi connectivity index (χ3v) is 4.64. The lowest BCUT2D eigenvalue weighted by Gasteiger charge is -2.29. The maximum atomic E-state index is 12.6. The molecule has 0 aliphatic heterocycles. The van der Waals surface area contributed by atoms with Crippen LogP contribution in [0.2, 0.25) is 0 Å². The van der Waals surface area contributed by atoms with Crippen molar-refractivity contribution in [3.05, 3.63) is 53.5 Å². The number of methoxy groups -OCH3 is 1. The van der Waals surface area contributed by atoms with Crippen LogP contribution in [0, 0.1) is 11.3 Å². The van der Waals surface area contributed by atoms with E-state index in [1.54, 1.807) is 24.3 Å². The normalized spacial score (nSPS) is 18.6. The van der Waals surface area contributed by atoms with Crippen LogP contribution < -0.4 is 10.1 Å². The molecule has 1 aromatic carbocycles. The standard InChI is InChI=1S/C20H20N4O4/c1-27-20(26)16-5-3-2-4-15(16)18(25)24-13-6-8-14(9-7-13)28-19-17(12-21)22-10-11-23-19/h2-5,10-11,13-14H,6-9H2,1H3,(H,24,25). The minimum Gasteiger partial charge on any atom is -0.472 e. The van der Waals surface area contributed by atoms with E-state index in [1.165, 1.54) is 19.5 Å². The Balaban J connectivity index is 1.57. The number of nitrogens with zero attached hydrogens (tertiary/aromatic N) is 3. The summed E-state index contributed by atoms with van der Waals surface area (Å²) in [6.45, 7) is 0. The Morgan fingerprint density at radius 3 is 2.46 bits per heavy atom. The number of benzene rings is 1. The molecule has 0 unspecified atom stereocenters. The van der Waals surface area contributed by atoms with Crippen LogP contribution in [-0.2, 0) is 4.74 Å². The third-order valence-electron chi connectivity index (χ3n) is 4.64. The van der Waals surface area contributed by atoms with Gasteiger partial charge in [0.05, 0.1) is 18.2 Å². The molecule has 1 amide bonds. The Hall–Kier alpha value is -3.47. The van der Waals surface area contributed by atoms with Crippen LogP contribution in [0.15, 0.2) is 36.7 Å². The summed E-state index contributed by atoms with van der Waals surface area (Å²) in [5.74, 6) is -0.601. The van der Waals surface area contributed by atoms with Gasteiger partial charge in [-0.2, -0.15) is 5.26 Å². The van der Waals surface area contributed by atoms with Crippen LogP contribution in [0.3, 0.4) is 0 Å². The van der Waals surface area contributed by atoms with E-state index in [0.717, 1.165) is 12.8 Å². The van der Waals surface area contributed by atoms with E-state index >= 15 is 0 Å². The van der Waals surface area contributed by atoms with Crippen LogP contribution in [0.25, 0.3) is 0 Å². The van der Waals surface area contributed by atoms with Crippen molar-refractivity contribution < 1.29 is 19.1 Å². The maximum absolute atomic E-state index is 12.6. The first-order chi connectivity index (χ1) is 13.6. The van der Waals surface area contributed by atoms with Crippen LogP contribution in [0.1, 0.15) is 52.1 Å². The van der Waals surface area contributed by atoms with Crippen molar-refractivity contribution in [2.75, 3.05) is 7.11 Å². The second-order valence-corrected chi connectivity index (χ2v) is 6.42. The number of nitriles is 1. The Morgan fingerprint density at radius 1 is 1.11 bits per heavy atom. The average molecular weight is 380 g/mol. The number of hydrogen-bond acceptors (Lipinski definition) is 7. The van der Waals surface area contributed by atoms with E-state index in [0.29, 0.717) is 18.4 Å². The van der Waals surface area contributed by atoms with Gasteiger partial charge in [-0.3, -0.25) is 4.79 Å². The van der Waals surface area contributed by atoms with Gasteiger partial charge >= 0.3 is 5.97 Å². The van der Waals surface area contributed by atoms with Gasteiger partial charge in [0.25, 0.3) is 11.8 Å². The molecule has 144 valence electrons. The number of carbonyl (C=O) groups is 2. The molecular formula is C20H20N4O4. The first kappa shape index (κ1) is 19.3. The van der Waals surface area contributed by atoms with Gasteiger partial charge < -0.3 is 14.8 Å². The summed E-state index contributed by atoms with van der Waals surface area (Å²) in [5, 5.41) is 12.0. The van der Waals surface area contributed by atoms with E-state index in [1.807, 2.05) is 6.07 Å². The molecule has 0 atom stereocenters. The Morgan fingerprint density at radius 2 is 1.79 bits per heavy atom. The highest BCUT2D eigenvalue weighted by molar-refractivity contribution is 6.05. The predicted octanol–water partition coefficient (Wildman–Crippen LogP) is 2.25. The second-order valence-electron chi connectivity index (χ2n) is 6.42. The monoisotopic (exact) mass is 380 g/mol. The lowest BCUT2D eigenvalue weighted by atomic mass is 9.92. The summed E-state index contributed by atoms with van der Waals surface area (Å²) in [7, 11) is 1.28. The summed E-state index contributed by atoms with van der Waals surface area (Å²) in [4.78, 5) is 32.5. The van der Waals surface area contributed by atoms with E-state index in [9.17, 15) is 9.59 Å². The van der Waals surface area contributed by atoms with Crippen molar-refractivity contribution in [1.82, 2.24) is 15.3 Å². The molecule has 8 nitrogen and oxygen atoms in total. The molecule has 0 radical (unpaired) electrons. The predicted molar refractivity (Wildman–Crippen MR) is 98.7 cm³/mol. The molecule has 1 N–H and O–H groups in total. The number of aromatic nitrogens is 2.